The molecule has 0 aliphatic heterocycles. The zero-order valence-electron chi connectivity index (χ0n) is 15.7. The molecule has 0 aromatic heterocycles. The van der Waals surface area contributed by atoms with E-state index in [0.29, 0.717) is 0 Å². The number of allylic oxidation sites excluding steroid dienone is 8. The summed E-state index contributed by atoms with van der Waals surface area (Å²) in [5.41, 5.74) is 6.87. The quantitative estimate of drug-likeness (QED) is 0.341. The molecule has 0 aromatic rings. The minimum absolute atomic E-state index is 0.601. The van der Waals surface area contributed by atoms with Gasteiger partial charge in [0, 0.05) is 0 Å². The molecule has 2 aliphatic rings. The Morgan fingerprint density at radius 1 is 0.739 bits per heavy atom. The third-order valence-corrected chi connectivity index (χ3v) is 10.1. The molecular weight excluding hydrogens is 355 g/mol. The van der Waals surface area contributed by atoms with Crippen molar-refractivity contribution < 1.29 is 23.2 Å². The second-order valence-corrected chi connectivity index (χ2v) is 10.3. The van der Waals surface area contributed by atoms with Crippen LogP contribution in [0.1, 0.15) is 91.9 Å². The summed E-state index contributed by atoms with van der Waals surface area (Å²) in [6, 6.07) is 0. The van der Waals surface area contributed by atoms with Gasteiger partial charge in [-0.25, -0.2) is 0 Å². The third kappa shape index (κ3) is 5.42. The van der Waals surface area contributed by atoms with Gasteiger partial charge in [-0.2, -0.15) is 0 Å². The molecule has 0 atom stereocenters. The molecule has 0 saturated carbocycles. The molecule has 0 amide bonds. The van der Waals surface area contributed by atoms with Crippen LogP contribution in [0.3, 0.4) is 0 Å². The standard InChI is InChI=1S/2C11H17.Zr/c2*1-3-4-5-6-11-8-7-10(2)9-11;/h2*8H,3-7H2,1-2H3;. The van der Waals surface area contributed by atoms with Crippen molar-refractivity contribution in [3.05, 3.63) is 41.0 Å². The summed E-state index contributed by atoms with van der Waals surface area (Å²) in [5, 5.41) is 0. The molecule has 0 nitrogen and oxygen atoms in total. The van der Waals surface area contributed by atoms with Crippen LogP contribution in [0.25, 0.3) is 0 Å². The first-order chi connectivity index (χ1) is 11.2. The zero-order chi connectivity index (χ0) is 16.7. The number of hydrogen-bond donors (Lipinski definition) is 0. The molecule has 2 rings (SSSR count). The fourth-order valence-electron chi connectivity index (χ4n) is 3.59. The van der Waals surface area contributed by atoms with Crippen LogP contribution in [-0.2, 0) is 23.2 Å². The summed E-state index contributed by atoms with van der Waals surface area (Å²) in [7, 11) is 0. The fourth-order valence-corrected chi connectivity index (χ4v) is 7.66. The molecule has 0 radical (unpaired) electrons. The van der Waals surface area contributed by atoms with Gasteiger partial charge in [-0.15, -0.1) is 0 Å². The summed E-state index contributed by atoms with van der Waals surface area (Å²) >= 11 is -0.601. The molecule has 0 spiro atoms. The molecule has 126 valence electrons. The van der Waals surface area contributed by atoms with Crippen LogP contribution in [0, 0.1) is 0 Å². The van der Waals surface area contributed by atoms with Gasteiger partial charge in [0.2, 0.25) is 0 Å². The van der Waals surface area contributed by atoms with E-state index in [2.05, 4.69) is 39.8 Å². The molecule has 0 N–H and O–H groups in total. The monoisotopic (exact) mass is 388 g/mol. The number of rotatable bonds is 10. The topological polar surface area (TPSA) is 0 Å². The number of hydrogen-bond acceptors (Lipinski definition) is 0. The van der Waals surface area contributed by atoms with Crippen LogP contribution in [0.15, 0.2) is 41.0 Å². The normalized spacial score (nSPS) is 17.9. The minimum atomic E-state index is -0.601. The van der Waals surface area contributed by atoms with E-state index in [4.69, 9.17) is 0 Å². The van der Waals surface area contributed by atoms with Gasteiger partial charge in [0.25, 0.3) is 0 Å². The summed E-state index contributed by atoms with van der Waals surface area (Å²) in [6.45, 7) is 9.40. The predicted molar refractivity (Wildman–Crippen MR) is 99.1 cm³/mol. The average Bonchev–Trinajstić information content (AvgIpc) is 3.06. The maximum atomic E-state index is 2.55. The van der Waals surface area contributed by atoms with Crippen molar-refractivity contribution >= 4 is 0 Å². The Morgan fingerprint density at radius 3 is 1.57 bits per heavy atom. The SMILES string of the molecule is CCCCCC1=CCC(C)=[C]1[Zr][C]1=C(C)CC=C1CCCCC. The molecule has 0 bridgehead atoms. The third-order valence-electron chi connectivity index (χ3n) is 5.15. The molecule has 23 heavy (non-hydrogen) atoms. The van der Waals surface area contributed by atoms with Crippen LogP contribution < -0.4 is 0 Å². The summed E-state index contributed by atoms with van der Waals surface area (Å²) in [5.74, 6) is 0. The van der Waals surface area contributed by atoms with E-state index < -0.39 is 23.2 Å². The molecule has 0 aromatic carbocycles. The van der Waals surface area contributed by atoms with Crippen LogP contribution in [-0.4, -0.2) is 0 Å². The Kier molecular flexibility index (Phi) is 8.31. The van der Waals surface area contributed by atoms with Crippen molar-refractivity contribution in [2.75, 3.05) is 0 Å². The zero-order valence-corrected chi connectivity index (χ0v) is 18.2. The van der Waals surface area contributed by atoms with Crippen molar-refractivity contribution in [3.8, 4) is 0 Å². The van der Waals surface area contributed by atoms with E-state index >= 15 is 0 Å². The van der Waals surface area contributed by atoms with E-state index in [9.17, 15) is 0 Å². The van der Waals surface area contributed by atoms with Crippen LogP contribution in [0.4, 0.5) is 0 Å². The predicted octanol–water partition coefficient (Wildman–Crippen LogP) is 7.44. The van der Waals surface area contributed by atoms with E-state index in [-0.39, 0.29) is 0 Å². The van der Waals surface area contributed by atoms with Gasteiger partial charge in [0.05, 0.1) is 0 Å². The van der Waals surface area contributed by atoms with Crippen LogP contribution in [0.2, 0.25) is 0 Å². The first-order valence-corrected chi connectivity index (χ1v) is 12.2. The molecule has 0 fully saturated rings. The molecule has 0 heterocycles. The molecule has 0 saturated heterocycles. The van der Waals surface area contributed by atoms with E-state index in [1.165, 1.54) is 64.2 Å². The summed E-state index contributed by atoms with van der Waals surface area (Å²) in [4.78, 5) is 0. The Labute approximate surface area is 155 Å². The van der Waals surface area contributed by atoms with E-state index in [1.54, 1.807) is 22.3 Å². The first-order valence-electron chi connectivity index (χ1n) is 9.72. The van der Waals surface area contributed by atoms with Gasteiger partial charge in [-0.05, 0) is 0 Å². The molecule has 0 unspecified atom stereocenters. The fraction of sp³-hybridized carbons (Fsp3) is 0.636. The van der Waals surface area contributed by atoms with Crippen molar-refractivity contribution in [1.29, 1.82) is 0 Å². The Hall–Kier alpha value is -0.157. The maximum absolute atomic E-state index is 2.55. The van der Waals surface area contributed by atoms with Crippen molar-refractivity contribution in [2.24, 2.45) is 0 Å². The van der Waals surface area contributed by atoms with Crippen LogP contribution >= 0.6 is 0 Å². The van der Waals surface area contributed by atoms with Gasteiger partial charge in [0.1, 0.15) is 0 Å². The van der Waals surface area contributed by atoms with Crippen molar-refractivity contribution in [3.63, 3.8) is 0 Å². The van der Waals surface area contributed by atoms with Crippen LogP contribution in [0.5, 0.6) is 0 Å². The summed E-state index contributed by atoms with van der Waals surface area (Å²) < 4.78 is 3.70. The van der Waals surface area contributed by atoms with Gasteiger partial charge in [-0.1, -0.05) is 0 Å². The molecule has 1 heteroatoms. The Morgan fingerprint density at radius 2 is 1.17 bits per heavy atom. The summed E-state index contributed by atoms with van der Waals surface area (Å²) in [6.07, 6.45) is 18.4. The van der Waals surface area contributed by atoms with Gasteiger partial charge in [-0.3, -0.25) is 0 Å². The van der Waals surface area contributed by atoms with E-state index in [1.807, 2.05) is 6.56 Å². The van der Waals surface area contributed by atoms with Crippen molar-refractivity contribution in [1.82, 2.24) is 0 Å². The average molecular weight is 390 g/mol. The first kappa shape index (κ1) is 19.2. The van der Waals surface area contributed by atoms with E-state index in [0.717, 1.165) is 0 Å². The van der Waals surface area contributed by atoms with Crippen molar-refractivity contribution in [2.45, 2.75) is 91.9 Å². The Bertz CT molecular complexity index is 480. The van der Waals surface area contributed by atoms with Gasteiger partial charge in [0.15, 0.2) is 0 Å². The van der Waals surface area contributed by atoms with Gasteiger partial charge < -0.3 is 0 Å². The second-order valence-electron chi connectivity index (χ2n) is 7.22. The molecule has 2 aliphatic carbocycles. The number of unbranched alkanes of at least 4 members (excludes halogenated alkanes) is 4. The Balaban J connectivity index is 2.01. The second kappa shape index (κ2) is 9.98. The van der Waals surface area contributed by atoms with Gasteiger partial charge >= 0.3 is 156 Å². The molecular formula is C22H34Zr.